The Balaban J connectivity index is 2.13. The van der Waals surface area contributed by atoms with Gasteiger partial charge in [0.2, 0.25) is 0 Å². The molecule has 0 aliphatic heterocycles. The molecule has 2 rings (SSSR count). The van der Waals surface area contributed by atoms with Crippen molar-refractivity contribution in [3.05, 3.63) is 58.1 Å². The van der Waals surface area contributed by atoms with Crippen molar-refractivity contribution in [1.82, 2.24) is 5.32 Å². The minimum Gasteiger partial charge on any atom is -0.343 e. The summed E-state index contributed by atoms with van der Waals surface area (Å²) in [6, 6.07) is 9.50. The minimum atomic E-state index is -4.52. The molecule has 0 saturated carbocycles. The van der Waals surface area contributed by atoms with E-state index in [1.807, 2.05) is 0 Å². The lowest BCUT2D eigenvalue weighted by atomic mass is 10.2. The Morgan fingerprint density at radius 2 is 1.73 bits per heavy atom. The van der Waals surface area contributed by atoms with Crippen LogP contribution in [-0.2, 0) is 10.0 Å². The van der Waals surface area contributed by atoms with Crippen molar-refractivity contribution in [3.8, 4) is 0 Å². The van der Waals surface area contributed by atoms with E-state index < -0.39 is 28.7 Å². The van der Waals surface area contributed by atoms with Crippen LogP contribution in [0.25, 0.3) is 0 Å². The highest BCUT2D eigenvalue weighted by molar-refractivity contribution is 9.10. The zero-order valence-corrected chi connectivity index (χ0v) is 15.8. The van der Waals surface area contributed by atoms with Gasteiger partial charge in [-0.3, -0.25) is 9.52 Å². The number of alkyl halides is 3. The van der Waals surface area contributed by atoms with Crippen LogP contribution >= 0.6 is 15.9 Å². The monoisotopic (exact) mass is 450 g/mol. The Bertz CT molecular complexity index is 913. The van der Waals surface area contributed by atoms with Crippen LogP contribution in [0, 0.1) is 6.92 Å². The molecule has 0 atom stereocenters. The quantitative estimate of drug-likeness (QED) is 0.726. The highest BCUT2D eigenvalue weighted by Crippen LogP contribution is 2.22. The minimum absolute atomic E-state index is 0.0762. The molecule has 2 N–H and O–H groups in total. The Morgan fingerprint density at radius 3 is 2.27 bits per heavy atom. The topological polar surface area (TPSA) is 75.3 Å². The van der Waals surface area contributed by atoms with Crippen LogP contribution in [0.3, 0.4) is 0 Å². The number of nitrogens with one attached hydrogen (secondary N) is 2. The first kappa shape index (κ1) is 20.2. The molecule has 0 aliphatic carbocycles. The van der Waals surface area contributed by atoms with Crippen LogP contribution in [0.1, 0.15) is 15.9 Å². The van der Waals surface area contributed by atoms with E-state index in [1.54, 1.807) is 30.4 Å². The summed E-state index contributed by atoms with van der Waals surface area (Å²) in [6.45, 7) is 0.340. The summed E-state index contributed by atoms with van der Waals surface area (Å²) in [7, 11) is -3.90. The molecule has 5 nitrogen and oxygen atoms in total. The maximum Gasteiger partial charge on any atom is 0.405 e. The average molecular weight is 451 g/mol. The standard InChI is InChI=1S/C16H14BrF3N2O3S/c1-10-8-12(4-7-14(10)17)22-26(24,25)13-5-2-11(3-6-13)15(23)21-9-16(18,19)20/h2-8,22H,9H2,1H3,(H,21,23). The van der Waals surface area contributed by atoms with Gasteiger partial charge in [-0.15, -0.1) is 0 Å². The van der Waals surface area contributed by atoms with Gasteiger partial charge in [0.05, 0.1) is 4.90 Å². The molecular weight excluding hydrogens is 437 g/mol. The van der Waals surface area contributed by atoms with Crippen molar-refractivity contribution < 1.29 is 26.4 Å². The number of benzene rings is 2. The van der Waals surface area contributed by atoms with Gasteiger partial charge in [0.15, 0.2) is 0 Å². The van der Waals surface area contributed by atoms with Crippen LogP contribution in [0.4, 0.5) is 18.9 Å². The third kappa shape index (κ3) is 5.46. The van der Waals surface area contributed by atoms with E-state index >= 15 is 0 Å². The Morgan fingerprint density at radius 1 is 1.12 bits per heavy atom. The number of carbonyl (C=O) groups excluding carboxylic acids is 1. The van der Waals surface area contributed by atoms with Gasteiger partial charge < -0.3 is 5.32 Å². The van der Waals surface area contributed by atoms with E-state index in [4.69, 9.17) is 0 Å². The van der Waals surface area contributed by atoms with E-state index in [-0.39, 0.29) is 10.5 Å². The Kier molecular flexibility index (Phi) is 5.97. The van der Waals surface area contributed by atoms with Crippen molar-refractivity contribution in [2.24, 2.45) is 0 Å². The number of amides is 1. The number of rotatable bonds is 5. The molecule has 0 radical (unpaired) electrons. The largest absolute Gasteiger partial charge is 0.405 e. The molecule has 0 aromatic heterocycles. The second-order valence-electron chi connectivity index (χ2n) is 5.39. The first-order valence-electron chi connectivity index (χ1n) is 7.22. The average Bonchev–Trinajstić information content (AvgIpc) is 2.55. The third-order valence-electron chi connectivity index (χ3n) is 3.29. The van der Waals surface area contributed by atoms with Gasteiger partial charge in [0.25, 0.3) is 15.9 Å². The summed E-state index contributed by atoms with van der Waals surface area (Å²) < 4.78 is 64.3. The van der Waals surface area contributed by atoms with E-state index in [1.165, 1.54) is 0 Å². The Hall–Kier alpha value is -2.07. The zero-order valence-electron chi connectivity index (χ0n) is 13.4. The normalized spacial score (nSPS) is 11.9. The molecule has 2 aromatic carbocycles. The predicted molar refractivity (Wildman–Crippen MR) is 94.5 cm³/mol. The van der Waals surface area contributed by atoms with Crippen LogP contribution < -0.4 is 10.0 Å². The molecule has 0 aliphatic rings. The summed E-state index contributed by atoms with van der Waals surface area (Å²) in [4.78, 5) is 11.5. The molecule has 0 fully saturated rings. The second-order valence-corrected chi connectivity index (χ2v) is 7.93. The number of sulfonamides is 1. The van der Waals surface area contributed by atoms with Gasteiger partial charge in [0.1, 0.15) is 6.54 Å². The predicted octanol–water partition coefficient (Wildman–Crippen LogP) is 3.85. The van der Waals surface area contributed by atoms with Crippen LogP contribution in [-0.4, -0.2) is 27.0 Å². The number of carbonyl (C=O) groups is 1. The number of hydrogen-bond acceptors (Lipinski definition) is 3. The first-order chi connectivity index (χ1) is 12.0. The fourth-order valence-electron chi connectivity index (χ4n) is 1.99. The molecule has 0 heterocycles. The van der Waals surface area contributed by atoms with Gasteiger partial charge in [-0.25, -0.2) is 8.42 Å². The molecule has 0 unspecified atom stereocenters. The molecule has 26 heavy (non-hydrogen) atoms. The van der Waals surface area contributed by atoms with Crippen molar-refractivity contribution in [2.45, 2.75) is 18.0 Å². The summed E-state index contributed by atoms with van der Waals surface area (Å²) in [5, 5.41) is 1.71. The highest BCUT2D eigenvalue weighted by atomic mass is 79.9. The lowest BCUT2D eigenvalue weighted by molar-refractivity contribution is -0.123. The van der Waals surface area contributed by atoms with Gasteiger partial charge in [0, 0.05) is 15.7 Å². The first-order valence-corrected chi connectivity index (χ1v) is 9.49. The summed E-state index contributed by atoms with van der Waals surface area (Å²) in [5.74, 6) is -0.942. The lowest BCUT2D eigenvalue weighted by Gasteiger charge is -2.11. The molecule has 140 valence electrons. The zero-order chi connectivity index (χ0) is 19.5. The van der Waals surface area contributed by atoms with Crippen molar-refractivity contribution in [3.63, 3.8) is 0 Å². The maximum atomic E-state index is 12.4. The summed E-state index contributed by atoms with van der Waals surface area (Å²) in [5.41, 5.74) is 1.12. The second kappa shape index (κ2) is 7.67. The van der Waals surface area contributed by atoms with E-state index in [9.17, 15) is 26.4 Å². The van der Waals surface area contributed by atoms with Crippen molar-refractivity contribution in [1.29, 1.82) is 0 Å². The summed E-state index contributed by atoms with van der Waals surface area (Å²) >= 11 is 3.31. The lowest BCUT2D eigenvalue weighted by Crippen LogP contribution is -2.33. The van der Waals surface area contributed by atoms with Crippen molar-refractivity contribution in [2.75, 3.05) is 11.3 Å². The Labute approximate surface area is 156 Å². The van der Waals surface area contributed by atoms with Crippen LogP contribution in [0.15, 0.2) is 51.8 Å². The number of hydrogen-bond donors (Lipinski definition) is 2. The summed E-state index contributed by atoms with van der Waals surface area (Å²) in [6.07, 6.45) is -4.52. The number of aryl methyl sites for hydroxylation is 1. The molecule has 0 spiro atoms. The van der Waals surface area contributed by atoms with Crippen LogP contribution in [0.2, 0.25) is 0 Å². The number of anilines is 1. The van der Waals surface area contributed by atoms with E-state index in [2.05, 4.69) is 20.7 Å². The van der Waals surface area contributed by atoms with Gasteiger partial charge >= 0.3 is 6.18 Å². The van der Waals surface area contributed by atoms with Crippen LogP contribution in [0.5, 0.6) is 0 Å². The fourth-order valence-corrected chi connectivity index (χ4v) is 3.29. The van der Waals surface area contributed by atoms with E-state index in [0.717, 1.165) is 34.3 Å². The molecular formula is C16H14BrF3N2O3S. The SMILES string of the molecule is Cc1cc(NS(=O)(=O)c2ccc(C(=O)NCC(F)(F)F)cc2)ccc1Br. The fraction of sp³-hybridized carbons (Fsp3) is 0.188. The molecule has 0 saturated heterocycles. The molecule has 2 aromatic rings. The van der Waals surface area contributed by atoms with Gasteiger partial charge in [-0.2, -0.15) is 13.2 Å². The smallest absolute Gasteiger partial charge is 0.343 e. The molecule has 0 bridgehead atoms. The number of halogens is 4. The molecule has 1 amide bonds. The third-order valence-corrected chi connectivity index (χ3v) is 5.57. The van der Waals surface area contributed by atoms with Crippen molar-refractivity contribution >= 4 is 37.5 Å². The maximum absolute atomic E-state index is 12.4. The van der Waals surface area contributed by atoms with E-state index in [0.29, 0.717) is 5.69 Å². The highest BCUT2D eigenvalue weighted by Gasteiger charge is 2.28. The van der Waals surface area contributed by atoms with Gasteiger partial charge in [-0.05, 0) is 55.0 Å². The molecule has 10 heteroatoms. The van der Waals surface area contributed by atoms with Gasteiger partial charge in [-0.1, -0.05) is 15.9 Å².